The van der Waals surface area contributed by atoms with Crippen molar-refractivity contribution in [1.82, 2.24) is 10.2 Å². The molecule has 6 nitrogen and oxygen atoms in total. The van der Waals surface area contributed by atoms with Crippen LogP contribution in [0.1, 0.15) is 11.1 Å². The van der Waals surface area contributed by atoms with Gasteiger partial charge in [-0.15, -0.1) is 10.2 Å². The molecule has 0 saturated carbocycles. The van der Waals surface area contributed by atoms with Gasteiger partial charge in [-0.05, 0) is 31.0 Å². The molecule has 0 aliphatic heterocycles. The van der Waals surface area contributed by atoms with E-state index < -0.39 is 0 Å². The Balaban J connectivity index is 1.81. The normalized spacial score (nSPS) is 10.6. The fourth-order valence-corrected chi connectivity index (χ4v) is 3.36. The van der Waals surface area contributed by atoms with E-state index in [1.54, 1.807) is 7.11 Å². The van der Waals surface area contributed by atoms with Crippen molar-refractivity contribution in [2.24, 2.45) is 0 Å². The zero-order valence-corrected chi connectivity index (χ0v) is 15.0. The summed E-state index contributed by atoms with van der Waals surface area (Å²) in [5.74, 6) is 0.257. The number of rotatable bonds is 8. The highest BCUT2D eigenvalue weighted by Gasteiger charge is 2.09. The molecule has 1 aromatic heterocycles. The minimum absolute atomic E-state index is 0.0483. The second-order valence-electron chi connectivity index (χ2n) is 4.95. The average Bonchev–Trinajstić information content (AvgIpc) is 2.97. The van der Waals surface area contributed by atoms with Crippen molar-refractivity contribution in [3.8, 4) is 0 Å². The monoisotopic (exact) mass is 352 g/mol. The summed E-state index contributed by atoms with van der Waals surface area (Å²) in [6.07, 6.45) is 0. The Morgan fingerprint density at radius 3 is 2.96 bits per heavy atom. The number of aryl methyl sites for hydroxylation is 2. The van der Waals surface area contributed by atoms with Gasteiger partial charge in [-0.25, -0.2) is 0 Å². The van der Waals surface area contributed by atoms with E-state index in [-0.39, 0.29) is 5.91 Å². The molecule has 124 valence electrons. The van der Waals surface area contributed by atoms with Gasteiger partial charge in [0.1, 0.15) is 0 Å². The topological polar surface area (TPSA) is 76.1 Å². The second kappa shape index (κ2) is 8.85. The minimum Gasteiger partial charge on any atom is -0.383 e. The van der Waals surface area contributed by atoms with Crippen LogP contribution in [0.15, 0.2) is 22.5 Å². The van der Waals surface area contributed by atoms with Crippen LogP contribution in [0, 0.1) is 13.8 Å². The van der Waals surface area contributed by atoms with Crippen LogP contribution in [0.5, 0.6) is 0 Å². The summed E-state index contributed by atoms with van der Waals surface area (Å²) in [6.45, 7) is 5.28. The molecule has 2 N–H and O–H groups in total. The number of anilines is 2. The van der Waals surface area contributed by atoms with E-state index in [1.165, 1.54) is 23.1 Å². The summed E-state index contributed by atoms with van der Waals surface area (Å²) in [7, 11) is 1.65. The third kappa shape index (κ3) is 5.81. The fourth-order valence-electron chi connectivity index (χ4n) is 1.78. The summed E-state index contributed by atoms with van der Waals surface area (Å²) in [6, 6.07) is 6.00. The van der Waals surface area contributed by atoms with Gasteiger partial charge in [-0.3, -0.25) is 4.79 Å². The number of ether oxygens (including phenoxy) is 1. The van der Waals surface area contributed by atoms with E-state index in [4.69, 9.17) is 4.74 Å². The van der Waals surface area contributed by atoms with Crippen molar-refractivity contribution in [1.29, 1.82) is 0 Å². The van der Waals surface area contributed by atoms with Crippen molar-refractivity contribution in [3.05, 3.63) is 29.3 Å². The first-order valence-electron chi connectivity index (χ1n) is 7.14. The van der Waals surface area contributed by atoms with E-state index >= 15 is 0 Å². The summed E-state index contributed by atoms with van der Waals surface area (Å²) < 4.78 is 5.72. The Kier molecular flexibility index (Phi) is 6.82. The third-order valence-electron chi connectivity index (χ3n) is 2.98. The molecule has 2 aromatic rings. The number of carbonyl (C=O) groups excluding carboxylic acids is 1. The number of nitrogens with zero attached hydrogens (tertiary/aromatic N) is 2. The number of carbonyl (C=O) groups is 1. The summed E-state index contributed by atoms with van der Waals surface area (Å²) in [5, 5.41) is 14.9. The van der Waals surface area contributed by atoms with Crippen molar-refractivity contribution in [2.75, 3.05) is 36.6 Å². The molecule has 0 atom stereocenters. The maximum Gasteiger partial charge on any atom is 0.234 e. The molecular weight excluding hydrogens is 332 g/mol. The lowest BCUT2D eigenvalue weighted by atomic mass is 10.1. The molecule has 1 aromatic carbocycles. The highest BCUT2D eigenvalue weighted by atomic mass is 32.2. The second-order valence-corrected chi connectivity index (χ2v) is 7.15. The maximum absolute atomic E-state index is 12.1. The highest BCUT2D eigenvalue weighted by molar-refractivity contribution is 8.01. The molecule has 0 spiro atoms. The van der Waals surface area contributed by atoms with Crippen LogP contribution in [-0.4, -0.2) is 42.1 Å². The molecule has 0 bridgehead atoms. The lowest BCUT2D eigenvalue weighted by molar-refractivity contribution is -0.113. The van der Waals surface area contributed by atoms with Crippen LogP contribution < -0.4 is 10.6 Å². The van der Waals surface area contributed by atoms with Gasteiger partial charge in [0.2, 0.25) is 11.0 Å². The number of nitrogens with one attached hydrogen (secondary N) is 2. The predicted octanol–water partition coefficient (Wildman–Crippen LogP) is 2.94. The van der Waals surface area contributed by atoms with E-state index in [2.05, 4.69) is 20.8 Å². The number of aromatic nitrogens is 2. The number of amides is 1. The standard InChI is InChI=1S/C15H20N4O2S2/c1-10-4-5-11(2)12(8-10)17-13(20)9-22-15-19-18-14(23-15)16-6-7-21-3/h4-5,8H,6-7,9H2,1-3H3,(H,16,18)(H,17,20). The molecule has 0 aliphatic carbocycles. The largest absolute Gasteiger partial charge is 0.383 e. The highest BCUT2D eigenvalue weighted by Crippen LogP contribution is 2.25. The van der Waals surface area contributed by atoms with Crippen LogP contribution >= 0.6 is 23.1 Å². The maximum atomic E-state index is 12.1. The van der Waals surface area contributed by atoms with Crippen LogP contribution in [-0.2, 0) is 9.53 Å². The molecule has 0 unspecified atom stereocenters. The van der Waals surface area contributed by atoms with Crippen molar-refractivity contribution >= 4 is 39.8 Å². The number of hydrogen-bond donors (Lipinski definition) is 2. The Labute approximate surface area is 144 Å². The molecule has 0 fully saturated rings. The van der Waals surface area contributed by atoms with Crippen molar-refractivity contribution in [2.45, 2.75) is 18.2 Å². The molecule has 1 amide bonds. The van der Waals surface area contributed by atoms with Crippen molar-refractivity contribution < 1.29 is 9.53 Å². The molecule has 0 radical (unpaired) electrons. The number of methoxy groups -OCH3 is 1. The van der Waals surface area contributed by atoms with Crippen LogP contribution in [0.2, 0.25) is 0 Å². The van der Waals surface area contributed by atoms with E-state index in [9.17, 15) is 4.79 Å². The Morgan fingerprint density at radius 2 is 2.17 bits per heavy atom. The molecule has 0 aliphatic rings. The first kappa shape index (κ1) is 17.7. The molecule has 1 heterocycles. The SMILES string of the molecule is COCCNc1nnc(SCC(=O)Nc2cc(C)ccc2C)s1. The summed E-state index contributed by atoms with van der Waals surface area (Å²) >= 11 is 2.81. The van der Waals surface area contributed by atoms with Crippen LogP contribution in [0.25, 0.3) is 0 Å². The zero-order valence-electron chi connectivity index (χ0n) is 13.4. The molecule has 23 heavy (non-hydrogen) atoms. The lowest BCUT2D eigenvalue weighted by Crippen LogP contribution is -2.14. The number of thioether (sulfide) groups is 1. The van der Waals surface area contributed by atoms with Gasteiger partial charge >= 0.3 is 0 Å². The lowest BCUT2D eigenvalue weighted by Gasteiger charge is -2.08. The smallest absolute Gasteiger partial charge is 0.234 e. The molecule has 8 heteroatoms. The van der Waals surface area contributed by atoms with E-state index in [1.807, 2.05) is 32.0 Å². The zero-order chi connectivity index (χ0) is 16.7. The fraction of sp³-hybridized carbons (Fsp3) is 0.400. The molecule has 2 rings (SSSR count). The van der Waals surface area contributed by atoms with Crippen molar-refractivity contribution in [3.63, 3.8) is 0 Å². The van der Waals surface area contributed by atoms with Gasteiger partial charge in [-0.1, -0.05) is 35.2 Å². The molecular formula is C15H20N4O2S2. The Morgan fingerprint density at radius 1 is 1.35 bits per heavy atom. The third-order valence-corrected chi connectivity index (χ3v) is 5.00. The first-order valence-corrected chi connectivity index (χ1v) is 8.95. The quantitative estimate of drug-likeness (QED) is 0.562. The van der Waals surface area contributed by atoms with Gasteiger partial charge < -0.3 is 15.4 Å². The van der Waals surface area contributed by atoms with Gasteiger partial charge in [0.15, 0.2) is 4.34 Å². The Bertz CT molecular complexity index is 661. The van der Waals surface area contributed by atoms with Gasteiger partial charge in [0.05, 0.1) is 12.4 Å². The summed E-state index contributed by atoms with van der Waals surface area (Å²) in [5.41, 5.74) is 3.03. The first-order chi connectivity index (χ1) is 11.1. The van der Waals surface area contributed by atoms with Crippen LogP contribution in [0.3, 0.4) is 0 Å². The number of benzene rings is 1. The predicted molar refractivity (Wildman–Crippen MR) is 95.5 cm³/mol. The van der Waals surface area contributed by atoms with Gasteiger partial charge in [-0.2, -0.15) is 0 Å². The average molecular weight is 352 g/mol. The minimum atomic E-state index is -0.0483. The molecule has 0 saturated heterocycles. The van der Waals surface area contributed by atoms with E-state index in [0.717, 1.165) is 26.3 Å². The number of hydrogen-bond acceptors (Lipinski definition) is 7. The van der Waals surface area contributed by atoms with Crippen LogP contribution in [0.4, 0.5) is 10.8 Å². The summed E-state index contributed by atoms with van der Waals surface area (Å²) in [4.78, 5) is 12.1. The Hall–Kier alpha value is -1.64. The van der Waals surface area contributed by atoms with Gasteiger partial charge in [0.25, 0.3) is 0 Å². The van der Waals surface area contributed by atoms with E-state index in [0.29, 0.717) is 18.9 Å². The van der Waals surface area contributed by atoms with Gasteiger partial charge in [0, 0.05) is 19.3 Å².